The van der Waals surface area contributed by atoms with Gasteiger partial charge in [0.15, 0.2) is 17.4 Å². The van der Waals surface area contributed by atoms with Crippen molar-refractivity contribution < 1.29 is 41.7 Å². The molecule has 1 aromatic heterocycles. The van der Waals surface area contributed by atoms with Crippen LogP contribution < -0.4 is 14.4 Å². The number of methoxy groups -OCH3 is 1. The van der Waals surface area contributed by atoms with E-state index in [-0.39, 0.29) is 47.6 Å². The van der Waals surface area contributed by atoms with Crippen LogP contribution >= 0.6 is 15.9 Å². The summed E-state index contributed by atoms with van der Waals surface area (Å²) in [6.45, 7) is 4.47. The molecular weight excluding hydrogens is 592 g/mol. The van der Waals surface area contributed by atoms with Gasteiger partial charge < -0.3 is 24.2 Å². The molecule has 0 spiro atoms. The summed E-state index contributed by atoms with van der Waals surface area (Å²) in [6, 6.07) is -0.923. The number of ether oxygens (including phenoxy) is 3. The number of fused-ring (bicyclic) bond motifs is 3. The molecule has 3 unspecified atom stereocenters. The Hall–Kier alpha value is -2.61. The normalized spacial score (nSPS) is 25.7. The number of aliphatic hydroxyl groups is 1. The van der Waals surface area contributed by atoms with Gasteiger partial charge in [0.1, 0.15) is 23.5 Å². The highest BCUT2D eigenvalue weighted by atomic mass is 79.9. The van der Waals surface area contributed by atoms with Gasteiger partial charge in [0, 0.05) is 19.5 Å². The van der Waals surface area contributed by atoms with Crippen molar-refractivity contribution in [3.63, 3.8) is 0 Å². The Morgan fingerprint density at radius 1 is 1.15 bits per heavy atom. The van der Waals surface area contributed by atoms with Crippen molar-refractivity contribution in [2.45, 2.75) is 63.6 Å². The SMILES string of the molecule is COc1c(F)c(Br)c(F)c2nc(OCC3(CO)CC3(F)F)nc(N3CC4CCC(C3)N4C(=O)OC(C)(C)C)c12. The maximum atomic E-state index is 15.3. The van der Waals surface area contributed by atoms with Crippen molar-refractivity contribution in [2.75, 3.05) is 38.3 Å². The molecule has 1 saturated carbocycles. The molecule has 9 nitrogen and oxygen atoms in total. The summed E-state index contributed by atoms with van der Waals surface area (Å²) < 4.78 is 74.0. The molecule has 2 bridgehead atoms. The Bertz CT molecular complexity index is 1310. The fraction of sp³-hybridized carbons (Fsp3) is 0.640. The van der Waals surface area contributed by atoms with Crippen molar-refractivity contribution in [1.82, 2.24) is 14.9 Å². The molecule has 3 atom stereocenters. The quantitative estimate of drug-likeness (QED) is 0.368. The minimum Gasteiger partial charge on any atom is -0.493 e. The number of rotatable bonds is 6. The zero-order chi connectivity index (χ0) is 28.5. The topological polar surface area (TPSA) is 97.2 Å². The lowest BCUT2D eigenvalue weighted by Gasteiger charge is -2.42. The Balaban J connectivity index is 1.54. The smallest absolute Gasteiger partial charge is 0.410 e. The second kappa shape index (κ2) is 9.50. The standard InChI is InChI=1S/C25H29BrF4N4O5/c1-23(2,3)39-22(36)34-12-5-6-13(34)8-33(7-12)20-14-18(16(27)15(26)17(28)19(14)37-4)31-21(32-20)38-11-24(10-35)9-25(24,29)30/h12-13,35H,5-11H2,1-4H3. The summed E-state index contributed by atoms with van der Waals surface area (Å²) in [5, 5.41) is 9.46. The van der Waals surface area contributed by atoms with E-state index in [1.54, 1.807) is 30.6 Å². The number of benzene rings is 1. The minimum atomic E-state index is -3.11. The van der Waals surface area contributed by atoms with Crippen molar-refractivity contribution in [3.8, 4) is 11.8 Å². The summed E-state index contributed by atoms with van der Waals surface area (Å²) >= 11 is 2.89. The maximum Gasteiger partial charge on any atom is 0.410 e. The molecule has 1 aromatic carbocycles. The maximum absolute atomic E-state index is 15.3. The molecule has 214 valence electrons. The van der Waals surface area contributed by atoms with Crippen molar-refractivity contribution >= 4 is 38.7 Å². The van der Waals surface area contributed by atoms with E-state index in [2.05, 4.69) is 25.9 Å². The number of carbonyl (C=O) groups is 1. The van der Waals surface area contributed by atoms with Crippen molar-refractivity contribution in [2.24, 2.45) is 5.41 Å². The molecule has 0 radical (unpaired) electrons. The van der Waals surface area contributed by atoms with Crippen LogP contribution in [0.2, 0.25) is 0 Å². The number of piperazine rings is 1. The predicted molar refractivity (Wildman–Crippen MR) is 135 cm³/mol. The highest BCUT2D eigenvalue weighted by Crippen LogP contribution is 2.60. The summed E-state index contributed by atoms with van der Waals surface area (Å²) in [6.07, 6.45) is 0.370. The predicted octanol–water partition coefficient (Wildman–Crippen LogP) is 4.66. The zero-order valence-electron chi connectivity index (χ0n) is 21.9. The van der Waals surface area contributed by atoms with Gasteiger partial charge in [-0.05, 0) is 49.5 Å². The number of carbonyl (C=O) groups excluding carboxylic acids is 1. The van der Waals surface area contributed by atoms with E-state index in [0.717, 1.165) is 0 Å². The van der Waals surface area contributed by atoms with Gasteiger partial charge >= 0.3 is 12.1 Å². The number of nitrogens with zero attached hydrogens (tertiary/aromatic N) is 4. The fourth-order valence-electron chi connectivity index (χ4n) is 5.34. The Kier molecular flexibility index (Phi) is 6.80. The van der Waals surface area contributed by atoms with Gasteiger partial charge in [0.2, 0.25) is 0 Å². The average molecular weight is 621 g/mol. The van der Waals surface area contributed by atoms with E-state index < -0.39 is 64.8 Å². The molecule has 5 rings (SSSR count). The van der Waals surface area contributed by atoms with Gasteiger partial charge in [0.05, 0.1) is 41.1 Å². The first-order valence-corrected chi connectivity index (χ1v) is 13.3. The summed E-state index contributed by atoms with van der Waals surface area (Å²) in [5.41, 5.74) is -2.78. The van der Waals surface area contributed by atoms with E-state index in [1.807, 2.05) is 0 Å². The Labute approximate surface area is 230 Å². The summed E-state index contributed by atoms with van der Waals surface area (Å²) in [5.74, 6) is -5.37. The molecule has 2 saturated heterocycles. The molecule has 2 aromatic rings. The number of aromatic nitrogens is 2. The number of halogens is 5. The third-order valence-electron chi connectivity index (χ3n) is 7.47. The number of alkyl halides is 2. The van der Waals surface area contributed by atoms with Crippen LogP contribution in [0, 0.1) is 17.0 Å². The largest absolute Gasteiger partial charge is 0.493 e. The van der Waals surface area contributed by atoms with Crippen LogP contribution in [0.1, 0.15) is 40.0 Å². The fourth-order valence-corrected chi connectivity index (χ4v) is 5.71. The van der Waals surface area contributed by atoms with E-state index in [9.17, 15) is 18.7 Å². The summed E-state index contributed by atoms with van der Waals surface area (Å²) in [7, 11) is 1.22. The lowest BCUT2D eigenvalue weighted by molar-refractivity contribution is 0.0110. The molecule has 3 heterocycles. The molecule has 1 N–H and O–H groups in total. The zero-order valence-corrected chi connectivity index (χ0v) is 23.4. The van der Waals surface area contributed by atoms with E-state index >= 15 is 8.78 Å². The van der Waals surface area contributed by atoms with Gasteiger partial charge in [-0.2, -0.15) is 9.97 Å². The highest BCUT2D eigenvalue weighted by Gasteiger charge is 2.71. The molecule has 3 aliphatic rings. The average Bonchev–Trinajstić information content (AvgIpc) is 3.32. The van der Waals surface area contributed by atoms with Gasteiger partial charge in [-0.25, -0.2) is 22.4 Å². The highest BCUT2D eigenvalue weighted by molar-refractivity contribution is 9.10. The van der Waals surface area contributed by atoms with Crippen LogP contribution in [-0.4, -0.2) is 83.1 Å². The first-order valence-electron chi connectivity index (χ1n) is 12.5. The second-order valence-corrected chi connectivity index (χ2v) is 12.1. The van der Waals surface area contributed by atoms with Gasteiger partial charge in [-0.3, -0.25) is 4.90 Å². The lowest BCUT2D eigenvalue weighted by Crippen LogP contribution is -2.57. The van der Waals surface area contributed by atoms with Gasteiger partial charge in [-0.15, -0.1) is 0 Å². The van der Waals surface area contributed by atoms with Crippen LogP contribution in [0.15, 0.2) is 4.47 Å². The van der Waals surface area contributed by atoms with Crippen LogP contribution in [-0.2, 0) is 4.74 Å². The number of hydrogen-bond acceptors (Lipinski definition) is 8. The molecule has 39 heavy (non-hydrogen) atoms. The van der Waals surface area contributed by atoms with Gasteiger partial charge in [-0.1, -0.05) is 0 Å². The van der Waals surface area contributed by atoms with Crippen LogP contribution in [0.5, 0.6) is 11.8 Å². The van der Waals surface area contributed by atoms with Crippen molar-refractivity contribution in [1.29, 1.82) is 0 Å². The number of hydrogen-bond donors (Lipinski definition) is 1. The van der Waals surface area contributed by atoms with Crippen LogP contribution in [0.3, 0.4) is 0 Å². The number of aliphatic hydroxyl groups excluding tert-OH is 1. The second-order valence-electron chi connectivity index (χ2n) is 11.3. The lowest BCUT2D eigenvalue weighted by atomic mass is 10.1. The Morgan fingerprint density at radius 3 is 2.28 bits per heavy atom. The van der Waals surface area contributed by atoms with E-state index in [0.29, 0.717) is 12.8 Å². The Morgan fingerprint density at radius 2 is 1.77 bits per heavy atom. The van der Waals surface area contributed by atoms with Crippen LogP contribution in [0.25, 0.3) is 10.9 Å². The molecular formula is C25H29BrF4N4O5. The molecule has 3 fully saturated rings. The molecule has 1 amide bonds. The molecule has 1 aliphatic carbocycles. The van der Waals surface area contributed by atoms with Crippen LogP contribution in [0.4, 0.5) is 28.2 Å². The number of amides is 1. The number of anilines is 1. The first kappa shape index (κ1) is 27.9. The molecule has 2 aliphatic heterocycles. The summed E-state index contributed by atoms with van der Waals surface area (Å²) in [4.78, 5) is 24.8. The van der Waals surface area contributed by atoms with E-state index in [1.165, 1.54) is 7.11 Å². The third-order valence-corrected chi connectivity index (χ3v) is 8.17. The monoisotopic (exact) mass is 620 g/mol. The minimum absolute atomic E-state index is 0.0539. The first-order chi connectivity index (χ1) is 18.2. The van der Waals surface area contributed by atoms with Crippen molar-refractivity contribution in [3.05, 3.63) is 16.1 Å². The van der Waals surface area contributed by atoms with Gasteiger partial charge in [0.25, 0.3) is 5.92 Å². The molecule has 14 heteroatoms. The van der Waals surface area contributed by atoms with E-state index in [4.69, 9.17) is 14.2 Å². The third kappa shape index (κ3) is 4.72.